The first-order chi connectivity index (χ1) is 19.1. The fourth-order valence-electron chi connectivity index (χ4n) is 6.00. The van der Waals surface area contributed by atoms with Crippen molar-refractivity contribution in [2.75, 3.05) is 20.2 Å². The van der Waals surface area contributed by atoms with Crippen LogP contribution in [0.2, 0.25) is 0 Å². The number of nitrogens with zero attached hydrogens (tertiary/aromatic N) is 4. The third kappa shape index (κ3) is 4.74. The van der Waals surface area contributed by atoms with Crippen molar-refractivity contribution < 1.29 is 14.3 Å². The molecule has 2 aliphatic rings. The number of carbonyl (C=O) groups is 2. The van der Waals surface area contributed by atoms with E-state index in [1.165, 1.54) is 21.2 Å². The van der Waals surface area contributed by atoms with Crippen LogP contribution in [0, 0.1) is 0 Å². The van der Waals surface area contributed by atoms with Crippen LogP contribution in [0.5, 0.6) is 5.75 Å². The predicted octanol–water partition coefficient (Wildman–Crippen LogP) is 5.24. The molecule has 198 valence electrons. The minimum Gasteiger partial charge on any atom is -0.497 e. The molecule has 1 aromatic heterocycles. The SMILES string of the molecule is COc1cccc(CN2C(=O)N(Cc3cccnc3)C3(CCN(Cc4cccc5ccccc45)CC3)C2=O)c1. The number of urea groups is 1. The number of hydrogen-bond acceptors (Lipinski definition) is 5. The quantitative estimate of drug-likeness (QED) is 0.312. The number of rotatable bonds is 7. The third-order valence-electron chi connectivity index (χ3n) is 8.12. The Morgan fingerprint density at radius 2 is 1.62 bits per heavy atom. The molecule has 0 aliphatic carbocycles. The molecule has 3 amide bonds. The summed E-state index contributed by atoms with van der Waals surface area (Å²) in [5.41, 5.74) is 2.20. The highest BCUT2D eigenvalue weighted by Crippen LogP contribution is 2.39. The van der Waals surface area contributed by atoms with Crippen LogP contribution in [0.1, 0.15) is 29.5 Å². The molecule has 0 saturated carbocycles. The molecule has 4 aromatic rings. The molecule has 0 unspecified atom stereocenters. The molecule has 3 heterocycles. The maximum Gasteiger partial charge on any atom is 0.328 e. The van der Waals surface area contributed by atoms with E-state index in [2.05, 4.69) is 52.3 Å². The van der Waals surface area contributed by atoms with Crippen molar-refractivity contribution in [3.05, 3.63) is 108 Å². The van der Waals surface area contributed by atoms with Crippen molar-refractivity contribution in [2.45, 2.75) is 38.0 Å². The van der Waals surface area contributed by atoms with Gasteiger partial charge in [0, 0.05) is 32.0 Å². The van der Waals surface area contributed by atoms with Gasteiger partial charge in [-0.3, -0.25) is 19.6 Å². The number of pyridine rings is 1. The summed E-state index contributed by atoms with van der Waals surface area (Å²) in [5, 5.41) is 2.49. The molecule has 2 fully saturated rings. The van der Waals surface area contributed by atoms with E-state index >= 15 is 0 Å². The van der Waals surface area contributed by atoms with Gasteiger partial charge in [0.2, 0.25) is 0 Å². The topological polar surface area (TPSA) is 66.0 Å². The van der Waals surface area contributed by atoms with E-state index in [1.807, 2.05) is 36.4 Å². The largest absolute Gasteiger partial charge is 0.497 e. The van der Waals surface area contributed by atoms with Crippen molar-refractivity contribution >= 4 is 22.7 Å². The van der Waals surface area contributed by atoms with Crippen molar-refractivity contribution in [3.63, 3.8) is 0 Å². The van der Waals surface area contributed by atoms with Crippen LogP contribution in [0.25, 0.3) is 10.8 Å². The molecule has 2 saturated heterocycles. The second-order valence-corrected chi connectivity index (χ2v) is 10.4. The van der Waals surface area contributed by atoms with Gasteiger partial charge in [-0.2, -0.15) is 0 Å². The van der Waals surface area contributed by atoms with Crippen molar-refractivity contribution in [3.8, 4) is 5.75 Å². The number of aromatic nitrogens is 1. The molecule has 7 nitrogen and oxygen atoms in total. The molecule has 7 heteroatoms. The molecule has 1 spiro atoms. The Morgan fingerprint density at radius 1 is 0.846 bits per heavy atom. The summed E-state index contributed by atoms with van der Waals surface area (Å²) in [7, 11) is 1.61. The lowest BCUT2D eigenvalue weighted by Gasteiger charge is -2.42. The van der Waals surface area contributed by atoms with Crippen molar-refractivity contribution in [1.29, 1.82) is 0 Å². The second kappa shape index (κ2) is 10.5. The molecule has 0 radical (unpaired) electrons. The minimum atomic E-state index is -0.860. The standard InChI is InChI=1S/C32H32N4O3/c1-39-28-12-4-7-24(19-28)21-35-30(37)32(36(31(35)38)22-25-8-6-16-33-20-25)14-17-34(18-15-32)23-27-11-5-10-26-9-2-3-13-29(26)27/h2-13,16,19-20H,14-15,17-18,21-23H2,1H3. The van der Waals surface area contributed by atoms with Crippen LogP contribution in [-0.2, 0) is 24.4 Å². The summed E-state index contributed by atoms with van der Waals surface area (Å²) >= 11 is 0. The minimum absolute atomic E-state index is 0.107. The number of hydrogen-bond donors (Lipinski definition) is 0. The molecule has 0 bridgehead atoms. The van der Waals surface area contributed by atoms with Gasteiger partial charge in [-0.25, -0.2) is 4.79 Å². The van der Waals surface area contributed by atoms with Gasteiger partial charge in [0.05, 0.1) is 20.2 Å². The Hall–Kier alpha value is -4.23. The lowest BCUT2D eigenvalue weighted by atomic mass is 9.85. The number of methoxy groups -OCH3 is 1. The first-order valence-electron chi connectivity index (χ1n) is 13.4. The normalized spacial score (nSPS) is 17.4. The predicted molar refractivity (Wildman–Crippen MR) is 150 cm³/mol. The van der Waals surface area contributed by atoms with Gasteiger partial charge in [-0.1, -0.05) is 60.7 Å². The lowest BCUT2D eigenvalue weighted by molar-refractivity contribution is -0.136. The summed E-state index contributed by atoms with van der Waals surface area (Å²) in [6.45, 7) is 2.86. The Morgan fingerprint density at radius 3 is 2.41 bits per heavy atom. The van der Waals surface area contributed by atoms with Gasteiger partial charge < -0.3 is 9.64 Å². The Balaban J connectivity index is 1.25. The average molecular weight is 521 g/mol. The first-order valence-corrected chi connectivity index (χ1v) is 13.4. The molecule has 3 aromatic carbocycles. The first kappa shape index (κ1) is 25.1. The van der Waals surface area contributed by atoms with Gasteiger partial charge >= 0.3 is 6.03 Å². The highest BCUT2D eigenvalue weighted by molar-refractivity contribution is 6.07. The molecular formula is C32H32N4O3. The van der Waals surface area contributed by atoms with Crippen LogP contribution in [-0.4, -0.2) is 57.4 Å². The Kier molecular flexibility index (Phi) is 6.75. The van der Waals surface area contributed by atoms with Crippen LogP contribution < -0.4 is 4.74 Å². The molecular weight excluding hydrogens is 488 g/mol. The summed E-state index contributed by atoms with van der Waals surface area (Å²) in [5.74, 6) is 0.597. The highest BCUT2D eigenvalue weighted by Gasteiger charge is 2.57. The van der Waals surface area contributed by atoms with E-state index in [-0.39, 0.29) is 18.5 Å². The number of piperidine rings is 1. The second-order valence-electron chi connectivity index (χ2n) is 10.4. The monoisotopic (exact) mass is 520 g/mol. The number of carbonyl (C=O) groups excluding carboxylic acids is 2. The lowest BCUT2D eigenvalue weighted by Crippen LogP contribution is -2.56. The van der Waals surface area contributed by atoms with Crippen LogP contribution in [0.15, 0.2) is 91.3 Å². The van der Waals surface area contributed by atoms with E-state index in [1.54, 1.807) is 24.4 Å². The summed E-state index contributed by atoms with van der Waals surface area (Å²) in [6.07, 6.45) is 4.68. The maximum atomic E-state index is 14.1. The van der Waals surface area contributed by atoms with Gasteiger partial charge in [0.1, 0.15) is 11.3 Å². The van der Waals surface area contributed by atoms with Gasteiger partial charge in [0.15, 0.2) is 0 Å². The summed E-state index contributed by atoms with van der Waals surface area (Å²) in [6, 6.07) is 26.0. The Bertz CT molecular complexity index is 1490. The molecule has 0 N–H and O–H groups in total. The smallest absolute Gasteiger partial charge is 0.328 e. The zero-order chi connectivity index (χ0) is 26.8. The van der Waals surface area contributed by atoms with Crippen LogP contribution in [0.3, 0.4) is 0 Å². The zero-order valence-electron chi connectivity index (χ0n) is 22.1. The van der Waals surface area contributed by atoms with E-state index in [0.717, 1.165) is 30.8 Å². The number of imide groups is 1. The summed E-state index contributed by atoms with van der Waals surface area (Å²) < 4.78 is 5.36. The average Bonchev–Trinajstić information content (AvgIpc) is 3.16. The number of ether oxygens (including phenoxy) is 1. The number of amides is 3. The fraction of sp³-hybridized carbons (Fsp3) is 0.281. The molecule has 39 heavy (non-hydrogen) atoms. The van der Waals surface area contributed by atoms with E-state index in [9.17, 15) is 9.59 Å². The Labute approximate surface area is 228 Å². The third-order valence-corrected chi connectivity index (χ3v) is 8.12. The molecule has 2 aliphatic heterocycles. The van der Waals surface area contributed by atoms with Crippen LogP contribution in [0.4, 0.5) is 4.79 Å². The van der Waals surface area contributed by atoms with Crippen LogP contribution >= 0.6 is 0 Å². The molecule has 6 rings (SSSR count). The van der Waals surface area contributed by atoms with Crippen molar-refractivity contribution in [2.24, 2.45) is 0 Å². The highest BCUT2D eigenvalue weighted by atomic mass is 16.5. The number of benzene rings is 3. The fourth-order valence-corrected chi connectivity index (χ4v) is 6.00. The number of fused-ring (bicyclic) bond motifs is 1. The van der Waals surface area contributed by atoms with Gasteiger partial charge in [0.25, 0.3) is 5.91 Å². The number of likely N-dealkylation sites (tertiary alicyclic amines) is 1. The van der Waals surface area contributed by atoms with Gasteiger partial charge in [-0.05, 0) is 58.5 Å². The van der Waals surface area contributed by atoms with Crippen molar-refractivity contribution in [1.82, 2.24) is 19.7 Å². The summed E-state index contributed by atoms with van der Waals surface area (Å²) in [4.78, 5) is 37.8. The zero-order valence-corrected chi connectivity index (χ0v) is 22.1. The van der Waals surface area contributed by atoms with E-state index in [0.29, 0.717) is 25.1 Å². The van der Waals surface area contributed by atoms with E-state index in [4.69, 9.17) is 4.74 Å². The van der Waals surface area contributed by atoms with Gasteiger partial charge in [-0.15, -0.1) is 0 Å². The van der Waals surface area contributed by atoms with E-state index < -0.39 is 5.54 Å². The molecule has 0 atom stereocenters. The maximum absolute atomic E-state index is 14.1.